The molecule has 0 fully saturated rings. The smallest absolute Gasteiger partial charge is 0.231 e. The van der Waals surface area contributed by atoms with Gasteiger partial charge in [-0.05, 0) is 30.7 Å². The highest BCUT2D eigenvalue weighted by molar-refractivity contribution is 6.03. The first-order valence-electron chi connectivity index (χ1n) is 5.99. The first-order valence-corrected chi connectivity index (χ1v) is 5.99. The molecule has 2 rings (SSSR count). The van der Waals surface area contributed by atoms with Crippen molar-refractivity contribution in [3.05, 3.63) is 48.3 Å². The van der Waals surface area contributed by atoms with E-state index in [9.17, 15) is 9.59 Å². The van der Waals surface area contributed by atoms with Crippen molar-refractivity contribution in [1.82, 2.24) is 9.78 Å². The molecule has 1 aromatic carbocycles. The first kappa shape index (κ1) is 13.0. The molecule has 0 unspecified atom stereocenters. The molecule has 5 nitrogen and oxygen atoms in total. The fraction of sp³-hybridized carbons (Fsp3) is 0.214. The minimum atomic E-state index is -0.288. The van der Waals surface area contributed by atoms with Crippen LogP contribution in [0.3, 0.4) is 0 Å². The van der Waals surface area contributed by atoms with Crippen LogP contribution >= 0.6 is 0 Å². The molecule has 0 bridgehead atoms. The Kier molecular flexibility index (Phi) is 4.07. The predicted octanol–water partition coefficient (Wildman–Crippen LogP) is 1.85. The van der Waals surface area contributed by atoms with Crippen molar-refractivity contribution < 1.29 is 9.59 Å². The number of anilines is 1. The number of Topliss-reactive ketones (excluding diaryl/α,β-unsaturated/α-hetero) is 1. The number of nitrogens with one attached hydrogen (secondary N) is 1. The summed E-state index contributed by atoms with van der Waals surface area (Å²) in [4.78, 5) is 22.4. The van der Waals surface area contributed by atoms with Gasteiger partial charge in [-0.25, -0.2) is 0 Å². The van der Waals surface area contributed by atoms with Gasteiger partial charge in [0.05, 0.1) is 13.0 Å². The number of ketones is 1. The van der Waals surface area contributed by atoms with Crippen molar-refractivity contribution >= 4 is 17.4 Å². The van der Waals surface area contributed by atoms with E-state index in [1.165, 1.54) is 6.92 Å². The third kappa shape index (κ3) is 4.06. The second-order valence-corrected chi connectivity index (χ2v) is 4.33. The van der Waals surface area contributed by atoms with E-state index < -0.39 is 0 Å². The summed E-state index contributed by atoms with van der Waals surface area (Å²) in [6, 6.07) is 9.35. The van der Waals surface area contributed by atoms with Crippen LogP contribution in [0.15, 0.2) is 42.7 Å². The van der Waals surface area contributed by atoms with Gasteiger partial charge in [-0.2, -0.15) is 5.10 Å². The van der Waals surface area contributed by atoms with Crippen LogP contribution in [0, 0.1) is 0 Å². The number of hydrogen-bond donors (Lipinski definition) is 1. The molecule has 1 N–H and O–H groups in total. The number of nitrogens with zero attached hydrogens (tertiary/aromatic N) is 2. The van der Waals surface area contributed by atoms with Gasteiger partial charge < -0.3 is 5.32 Å². The summed E-state index contributed by atoms with van der Waals surface area (Å²) in [6.07, 6.45) is 3.50. The Morgan fingerprint density at radius 2 is 2.16 bits per heavy atom. The van der Waals surface area contributed by atoms with Gasteiger partial charge in [0.25, 0.3) is 0 Å². The molecule has 0 saturated heterocycles. The molecule has 0 aliphatic carbocycles. The quantitative estimate of drug-likeness (QED) is 0.831. The largest absolute Gasteiger partial charge is 0.326 e. The number of carbonyl (C=O) groups is 2. The third-order valence-corrected chi connectivity index (χ3v) is 2.52. The van der Waals surface area contributed by atoms with Crippen LogP contribution in [0.4, 0.5) is 5.69 Å². The van der Waals surface area contributed by atoms with Gasteiger partial charge in [0.2, 0.25) is 5.91 Å². The first-order chi connectivity index (χ1) is 9.13. The van der Waals surface area contributed by atoms with E-state index in [0.29, 0.717) is 12.2 Å². The van der Waals surface area contributed by atoms with Crippen LogP contribution in [-0.4, -0.2) is 21.5 Å². The second kappa shape index (κ2) is 5.95. The standard InChI is InChI=1S/C14H15N3O2/c1-11(18)8-14(19)16-13-5-2-4-12(9-13)10-17-7-3-6-15-17/h2-7,9H,8,10H2,1H3,(H,16,19). The fourth-order valence-electron chi connectivity index (χ4n) is 1.76. The van der Waals surface area contributed by atoms with Crippen LogP contribution in [0.1, 0.15) is 18.9 Å². The molecule has 0 radical (unpaired) electrons. The topological polar surface area (TPSA) is 64.0 Å². The molecule has 0 saturated carbocycles. The van der Waals surface area contributed by atoms with Crippen molar-refractivity contribution in [2.45, 2.75) is 19.9 Å². The summed E-state index contributed by atoms with van der Waals surface area (Å²) in [5.41, 5.74) is 1.72. The lowest BCUT2D eigenvalue weighted by Gasteiger charge is -2.07. The molecule has 0 aliphatic rings. The van der Waals surface area contributed by atoms with Gasteiger partial charge in [0, 0.05) is 18.1 Å². The van der Waals surface area contributed by atoms with Crippen LogP contribution in [0.25, 0.3) is 0 Å². The minimum absolute atomic E-state index is 0.0939. The average Bonchev–Trinajstić information content (AvgIpc) is 2.81. The lowest BCUT2D eigenvalue weighted by atomic mass is 10.2. The lowest BCUT2D eigenvalue weighted by molar-refractivity contribution is -0.124. The summed E-state index contributed by atoms with van der Waals surface area (Å²) in [6.45, 7) is 2.04. The predicted molar refractivity (Wildman–Crippen MR) is 71.7 cm³/mol. The molecule has 0 spiro atoms. The Balaban J connectivity index is 2.02. The molecule has 2 aromatic rings. The van der Waals surface area contributed by atoms with Crippen LogP contribution < -0.4 is 5.32 Å². The van der Waals surface area contributed by atoms with Crippen LogP contribution in [-0.2, 0) is 16.1 Å². The van der Waals surface area contributed by atoms with E-state index in [2.05, 4.69) is 10.4 Å². The molecule has 19 heavy (non-hydrogen) atoms. The zero-order valence-corrected chi connectivity index (χ0v) is 10.7. The average molecular weight is 257 g/mol. The van der Waals surface area contributed by atoms with E-state index in [1.54, 1.807) is 16.9 Å². The third-order valence-electron chi connectivity index (χ3n) is 2.52. The fourth-order valence-corrected chi connectivity index (χ4v) is 1.76. The highest BCUT2D eigenvalue weighted by Crippen LogP contribution is 2.12. The molecular weight excluding hydrogens is 242 g/mol. The number of amides is 1. The summed E-state index contributed by atoms with van der Waals surface area (Å²) < 4.78 is 1.80. The number of aromatic nitrogens is 2. The Morgan fingerprint density at radius 1 is 1.32 bits per heavy atom. The molecule has 5 heteroatoms. The second-order valence-electron chi connectivity index (χ2n) is 4.33. The van der Waals surface area contributed by atoms with Gasteiger partial charge in [0.15, 0.2) is 0 Å². The zero-order chi connectivity index (χ0) is 13.7. The normalized spacial score (nSPS) is 10.2. The van der Waals surface area contributed by atoms with Gasteiger partial charge in [-0.15, -0.1) is 0 Å². The van der Waals surface area contributed by atoms with Gasteiger partial charge in [-0.3, -0.25) is 14.3 Å². The van der Waals surface area contributed by atoms with E-state index in [1.807, 2.05) is 30.5 Å². The summed E-state index contributed by atoms with van der Waals surface area (Å²) >= 11 is 0. The monoisotopic (exact) mass is 257 g/mol. The maximum atomic E-state index is 11.5. The maximum absolute atomic E-state index is 11.5. The molecule has 0 atom stereocenters. The number of rotatable bonds is 5. The lowest BCUT2D eigenvalue weighted by Crippen LogP contribution is -2.14. The van der Waals surface area contributed by atoms with Gasteiger partial charge in [0.1, 0.15) is 5.78 Å². The Morgan fingerprint density at radius 3 is 2.84 bits per heavy atom. The molecular formula is C14H15N3O2. The number of benzene rings is 1. The van der Waals surface area contributed by atoms with E-state index >= 15 is 0 Å². The SMILES string of the molecule is CC(=O)CC(=O)Nc1cccc(Cn2cccn2)c1. The van der Waals surface area contributed by atoms with Crippen molar-refractivity contribution in [2.24, 2.45) is 0 Å². The molecule has 0 aliphatic heterocycles. The molecule has 1 amide bonds. The van der Waals surface area contributed by atoms with Crippen molar-refractivity contribution in [2.75, 3.05) is 5.32 Å². The minimum Gasteiger partial charge on any atom is -0.326 e. The van der Waals surface area contributed by atoms with Gasteiger partial charge in [-0.1, -0.05) is 12.1 Å². The summed E-state index contributed by atoms with van der Waals surface area (Å²) in [5, 5.41) is 6.83. The van der Waals surface area contributed by atoms with Gasteiger partial charge >= 0.3 is 0 Å². The molecule has 1 aromatic heterocycles. The maximum Gasteiger partial charge on any atom is 0.231 e. The van der Waals surface area contributed by atoms with E-state index in [-0.39, 0.29) is 18.1 Å². The van der Waals surface area contributed by atoms with E-state index in [4.69, 9.17) is 0 Å². The summed E-state index contributed by atoms with van der Waals surface area (Å²) in [5.74, 6) is -0.436. The van der Waals surface area contributed by atoms with Crippen molar-refractivity contribution in [3.8, 4) is 0 Å². The van der Waals surface area contributed by atoms with Crippen LogP contribution in [0.5, 0.6) is 0 Å². The highest BCUT2D eigenvalue weighted by atomic mass is 16.2. The van der Waals surface area contributed by atoms with E-state index in [0.717, 1.165) is 5.56 Å². The Bertz CT molecular complexity index is 576. The van der Waals surface area contributed by atoms with Crippen LogP contribution in [0.2, 0.25) is 0 Å². The zero-order valence-electron chi connectivity index (χ0n) is 10.7. The summed E-state index contributed by atoms with van der Waals surface area (Å²) in [7, 11) is 0. The Labute approximate surface area is 111 Å². The molecule has 98 valence electrons. The van der Waals surface area contributed by atoms with Crippen molar-refractivity contribution in [1.29, 1.82) is 0 Å². The number of carbonyl (C=O) groups excluding carboxylic acids is 2. The molecule has 1 heterocycles. The number of hydrogen-bond acceptors (Lipinski definition) is 3. The highest BCUT2D eigenvalue weighted by Gasteiger charge is 2.05. The van der Waals surface area contributed by atoms with Crippen molar-refractivity contribution in [3.63, 3.8) is 0 Å². The Hall–Kier alpha value is -2.43.